The van der Waals surface area contributed by atoms with Crippen LogP contribution in [0, 0.1) is 5.41 Å². The summed E-state index contributed by atoms with van der Waals surface area (Å²) in [5.74, 6) is 1.07. The molecule has 0 aliphatic heterocycles. The van der Waals surface area contributed by atoms with Crippen molar-refractivity contribution in [3.05, 3.63) is 35.4 Å². The minimum atomic E-state index is -0.789. The number of aryl methyl sites for hydroxylation is 1. The highest BCUT2D eigenvalue weighted by Crippen LogP contribution is 2.39. The highest BCUT2D eigenvalue weighted by molar-refractivity contribution is 6.12. The Balaban J connectivity index is 1.84. The number of ether oxygens (including phenoxy) is 1. The molecule has 0 N–H and O–H groups in total. The first kappa shape index (κ1) is 14.1. The largest absolute Gasteiger partial charge is 0.497 e. The Morgan fingerprint density at radius 1 is 1.14 bits per heavy atom. The minimum Gasteiger partial charge on any atom is -0.497 e. The lowest BCUT2D eigenvalue weighted by atomic mass is 9.82. The number of carbonyl (C=O) groups is 2. The second-order valence-electron chi connectivity index (χ2n) is 6.14. The minimum absolute atomic E-state index is 0.0947. The molecular formula is C18H20O3. The van der Waals surface area contributed by atoms with E-state index in [9.17, 15) is 9.59 Å². The first-order chi connectivity index (χ1) is 10.0. The lowest BCUT2D eigenvalue weighted by Crippen LogP contribution is -2.28. The standard InChI is InChI=1S/C18H20O3/c1-18(16(19)7-8-17(18)20)10-9-12-3-4-13-11-14(21-2)5-6-15(12)13/h5-6,9,11H,3-4,7-8,10H2,1-2H3/b12-9-. The number of rotatable bonds is 3. The Kier molecular flexibility index (Phi) is 3.44. The van der Waals surface area contributed by atoms with Crippen molar-refractivity contribution < 1.29 is 14.3 Å². The van der Waals surface area contributed by atoms with Crippen LogP contribution in [-0.2, 0) is 16.0 Å². The second-order valence-corrected chi connectivity index (χ2v) is 6.14. The Bertz CT molecular complexity index is 624. The van der Waals surface area contributed by atoms with Crippen LogP contribution in [0.15, 0.2) is 24.3 Å². The number of benzene rings is 1. The van der Waals surface area contributed by atoms with Crippen molar-refractivity contribution in [2.75, 3.05) is 7.11 Å². The predicted octanol–water partition coefficient (Wildman–Crippen LogP) is 3.35. The third kappa shape index (κ3) is 2.31. The molecule has 1 aromatic carbocycles. The number of methoxy groups -OCH3 is 1. The van der Waals surface area contributed by atoms with Gasteiger partial charge < -0.3 is 4.74 Å². The summed E-state index contributed by atoms with van der Waals surface area (Å²) in [4.78, 5) is 23.9. The quantitative estimate of drug-likeness (QED) is 0.799. The molecule has 21 heavy (non-hydrogen) atoms. The third-order valence-electron chi connectivity index (χ3n) is 4.89. The summed E-state index contributed by atoms with van der Waals surface area (Å²) in [6, 6.07) is 6.11. The first-order valence-electron chi connectivity index (χ1n) is 7.47. The van der Waals surface area contributed by atoms with Gasteiger partial charge in [-0.15, -0.1) is 0 Å². The molecule has 1 saturated carbocycles. The lowest BCUT2D eigenvalue weighted by molar-refractivity contribution is -0.133. The highest BCUT2D eigenvalue weighted by Gasteiger charge is 2.44. The molecule has 110 valence electrons. The molecule has 0 saturated heterocycles. The normalized spacial score (nSPS) is 21.9. The molecule has 0 spiro atoms. The van der Waals surface area contributed by atoms with Crippen LogP contribution in [0.3, 0.4) is 0 Å². The van der Waals surface area contributed by atoms with Gasteiger partial charge in [-0.05, 0) is 55.0 Å². The van der Waals surface area contributed by atoms with Crippen molar-refractivity contribution in [1.82, 2.24) is 0 Å². The van der Waals surface area contributed by atoms with Crippen LogP contribution >= 0.6 is 0 Å². The van der Waals surface area contributed by atoms with Crippen molar-refractivity contribution >= 4 is 17.1 Å². The van der Waals surface area contributed by atoms with Gasteiger partial charge in [-0.1, -0.05) is 12.1 Å². The van der Waals surface area contributed by atoms with Gasteiger partial charge in [0.05, 0.1) is 12.5 Å². The SMILES string of the molecule is COc1ccc2c(c1)CC/C2=C/CC1(C)C(=O)CCC1=O. The van der Waals surface area contributed by atoms with Crippen molar-refractivity contribution in [3.8, 4) is 5.75 Å². The molecule has 1 aromatic rings. The molecule has 0 heterocycles. The van der Waals surface area contributed by atoms with E-state index in [1.165, 1.54) is 16.7 Å². The van der Waals surface area contributed by atoms with Crippen LogP contribution in [0.25, 0.3) is 5.57 Å². The lowest BCUT2D eigenvalue weighted by Gasteiger charge is -2.18. The molecule has 3 heteroatoms. The molecule has 1 fully saturated rings. The summed E-state index contributed by atoms with van der Waals surface area (Å²) in [5.41, 5.74) is 2.98. The van der Waals surface area contributed by atoms with Crippen molar-refractivity contribution in [1.29, 1.82) is 0 Å². The zero-order chi connectivity index (χ0) is 15.0. The molecule has 3 rings (SSSR count). The molecule has 0 bridgehead atoms. The second kappa shape index (κ2) is 5.14. The summed E-state index contributed by atoms with van der Waals surface area (Å²) < 4.78 is 5.25. The van der Waals surface area contributed by atoms with Gasteiger partial charge in [0.2, 0.25) is 0 Å². The van der Waals surface area contributed by atoms with Crippen molar-refractivity contribution in [2.24, 2.45) is 5.41 Å². The molecular weight excluding hydrogens is 264 g/mol. The van der Waals surface area contributed by atoms with E-state index in [2.05, 4.69) is 18.2 Å². The van der Waals surface area contributed by atoms with E-state index in [4.69, 9.17) is 4.74 Å². The Hall–Kier alpha value is -1.90. The van der Waals surface area contributed by atoms with Gasteiger partial charge in [0.15, 0.2) is 0 Å². The van der Waals surface area contributed by atoms with Crippen molar-refractivity contribution in [2.45, 2.75) is 39.0 Å². The maximum absolute atomic E-state index is 12.0. The molecule has 0 unspecified atom stereocenters. The van der Waals surface area contributed by atoms with Crippen LogP contribution in [0.4, 0.5) is 0 Å². The highest BCUT2D eigenvalue weighted by atomic mass is 16.5. The fraction of sp³-hybridized carbons (Fsp3) is 0.444. The Morgan fingerprint density at radius 2 is 1.86 bits per heavy atom. The van der Waals surface area contributed by atoms with Crippen LogP contribution < -0.4 is 4.74 Å². The topological polar surface area (TPSA) is 43.4 Å². The average Bonchev–Trinajstić information content (AvgIpc) is 3.01. The van der Waals surface area contributed by atoms with Gasteiger partial charge in [0.25, 0.3) is 0 Å². The van der Waals surface area contributed by atoms with Gasteiger partial charge in [0, 0.05) is 12.8 Å². The number of hydrogen-bond acceptors (Lipinski definition) is 3. The smallest absolute Gasteiger partial charge is 0.146 e. The molecule has 0 amide bonds. The number of Topliss-reactive ketones (excluding diaryl/α,β-unsaturated/α-hetero) is 2. The van der Waals surface area contributed by atoms with E-state index in [0.29, 0.717) is 19.3 Å². The zero-order valence-corrected chi connectivity index (χ0v) is 12.6. The van der Waals surface area contributed by atoms with E-state index in [1.807, 2.05) is 6.07 Å². The van der Waals surface area contributed by atoms with Crippen molar-refractivity contribution in [3.63, 3.8) is 0 Å². The molecule has 0 atom stereocenters. The maximum Gasteiger partial charge on any atom is 0.146 e. The summed E-state index contributed by atoms with van der Waals surface area (Å²) >= 11 is 0. The van der Waals surface area contributed by atoms with Gasteiger partial charge in [-0.25, -0.2) is 0 Å². The van der Waals surface area contributed by atoms with Gasteiger partial charge in [-0.2, -0.15) is 0 Å². The number of allylic oxidation sites excluding steroid dienone is 2. The van der Waals surface area contributed by atoms with E-state index in [1.54, 1.807) is 14.0 Å². The van der Waals surface area contributed by atoms with Gasteiger partial charge >= 0.3 is 0 Å². The number of hydrogen-bond donors (Lipinski definition) is 0. The molecule has 2 aliphatic carbocycles. The fourth-order valence-electron chi connectivity index (χ4n) is 3.32. The summed E-state index contributed by atoms with van der Waals surface area (Å²) in [6.07, 6.45) is 5.42. The van der Waals surface area contributed by atoms with Gasteiger partial charge in [-0.3, -0.25) is 9.59 Å². The number of ketones is 2. The third-order valence-corrected chi connectivity index (χ3v) is 4.89. The van der Waals surface area contributed by atoms with E-state index < -0.39 is 5.41 Å². The number of carbonyl (C=O) groups excluding carboxylic acids is 2. The first-order valence-corrected chi connectivity index (χ1v) is 7.47. The van der Waals surface area contributed by atoms with Crippen LogP contribution in [0.1, 0.15) is 43.7 Å². The molecule has 3 nitrogen and oxygen atoms in total. The fourth-order valence-corrected chi connectivity index (χ4v) is 3.32. The zero-order valence-electron chi connectivity index (χ0n) is 12.6. The summed E-state index contributed by atoms with van der Waals surface area (Å²) in [6.45, 7) is 1.80. The van der Waals surface area contributed by atoms with E-state index in [-0.39, 0.29) is 11.6 Å². The molecule has 0 aromatic heterocycles. The maximum atomic E-state index is 12.0. The average molecular weight is 284 g/mol. The molecule has 0 radical (unpaired) electrons. The Labute approximate surface area is 125 Å². The Morgan fingerprint density at radius 3 is 2.52 bits per heavy atom. The monoisotopic (exact) mass is 284 g/mol. The van der Waals surface area contributed by atoms with Crippen LogP contribution in [-0.4, -0.2) is 18.7 Å². The van der Waals surface area contributed by atoms with Gasteiger partial charge in [0.1, 0.15) is 17.3 Å². The van der Waals surface area contributed by atoms with E-state index in [0.717, 1.165) is 18.6 Å². The van der Waals surface area contributed by atoms with Crippen LogP contribution in [0.2, 0.25) is 0 Å². The van der Waals surface area contributed by atoms with E-state index >= 15 is 0 Å². The number of fused-ring (bicyclic) bond motifs is 1. The predicted molar refractivity (Wildman–Crippen MR) is 81.3 cm³/mol. The molecule has 2 aliphatic rings. The summed E-state index contributed by atoms with van der Waals surface area (Å²) in [7, 11) is 1.67. The summed E-state index contributed by atoms with van der Waals surface area (Å²) in [5, 5.41) is 0. The van der Waals surface area contributed by atoms with Crippen LogP contribution in [0.5, 0.6) is 5.75 Å².